The first-order valence-electron chi connectivity index (χ1n) is 19.1. The first-order chi connectivity index (χ1) is 25.8. The largest absolute Gasteiger partial charge is 0.463 e. The van der Waals surface area contributed by atoms with E-state index in [0.29, 0.717) is 178 Å². The third-order valence-corrected chi connectivity index (χ3v) is 6.67. The lowest BCUT2D eigenvalue weighted by Crippen LogP contribution is -2.16. The highest BCUT2D eigenvalue weighted by Gasteiger charge is 2.02. The summed E-state index contributed by atoms with van der Waals surface area (Å²) < 4.78 is 75.6. The number of aliphatic hydroxyl groups is 1. The molecule has 312 valence electrons. The maximum atomic E-state index is 11.6. The molecule has 0 aliphatic carbocycles. The van der Waals surface area contributed by atoms with Gasteiger partial charge in [0.15, 0.2) is 0 Å². The van der Waals surface area contributed by atoms with Gasteiger partial charge in [0, 0.05) is 6.42 Å². The summed E-state index contributed by atoms with van der Waals surface area (Å²) in [6, 6.07) is 0. The summed E-state index contributed by atoms with van der Waals surface area (Å²) >= 11 is 0. The molecule has 0 aromatic carbocycles. The van der Waals surface area contributed by atoms with Gasteiger partial charge in [0.1, 0.15) is 6.61 Å². The molecule has 0 saturated carbocycles. The van der Waals surface area contributed by atoms with E-state index in [2.05, 4.69) is 6.92 Å². The van der Waals surface area contributed by atoms with Crippen LogP contribution < -0.4 is 0 Å². The molecule has 0 bridgehead atoms. The Morgan fingerprint density at radius 1 is 0.327 bits per heavy atom. The van der Waals surface area contributed by atoms with E-state index in [4.69, 9.17) is 71.4 Å². The fraction of sp³-hybridized carbons (Fsp3) is 0.972. The third-order valence-electron chi connectivity index (χ3n) is 6.67. The minimum atomic E-state index is -0.150. The number of aliphatic hydroxyl groups excluding tert-OH is 1. The van der Waals surface area contributed by atoms with Crippen molar-refractivity contribution in [1.82, 2.24) is 0 Å². The maximum absolute atomic E-state index is 11.6. The zero-order valence-electron chi connectivity index (χ0n) is 32.1. The molecule has 0 aromatic heterocycles. The molecule has 0 saturated heterocycles. The highest BCUT2D eigenvalue weighted by molar-refractivity contribution is 5.69. The highest BCUT2D eigenvalue weighted by Crippen LogP contribution is 2.05. The Balaban J connectivity index is 3.08. The van der Waals surface area contributed by atoms with Gasteiger partial charge in [-0.1, -0.05) is 32.6 Å². The molecule has 0 rings (SSSR count). The Labute approximate surface area is 312 Å². The van der Waals surface area contributed by atoms with Crippen LogP contribution in [0.2, 0.25) is 0 Å². The van der Waals surface area contributed by atoms with Gasteiger partial charge in [0.05, 0.1) is 178 Å². The summed E-state index contributed by atoms with van der Waals surface area (Å²) in [6.07, 6.45) is 6.06. The summed E-state index contributed by atoms with van der Waals surface area (Å²) in [5, 5.41) is 8.59. The molecular formula is C36H72O16. The van der Waals surface area contributed by atoms with Gasteiger partial charge in [0.2, 0.25) is 0 Å². The Kier molecular flexibility index (Phi) is 46.9. The van der Waals surface area contributed by atoms with Gasteiger partial charge in [-0.2, -0.15) is 0 Å². The number of unbranched alkanes of at least 4 members (excludes halogenated alkanes) is 4. The minimum Gasteiger partial charge on any atom is -0.463 e. The van der Waals surface area contributed by atoms with E-state index >= 15 is 0 Å². The molecule has 0 heterocycles. The average Bonchev–Trinajstić information content (AvgIpc) is 3.15. The van der Waals surface area contributed by atoms with E-state index in [1.54, 1.807) is 0 Å². The van der Waals surface area contributed by atoms with Gasteiger partial charge in [-0.15, -0.1) is 0 Å². The van der Waals surface area contributed by atoms with Gasteiger partial charge >= 0.3 is 5.97 Å². The molecule has 0 amide bonds. The number of ether oxygens (including phenoxy) is 14. The van der Waals surface area contributed by atoms with Gasteiger partial charge < -0.3 is 71.4 Å². The van der Waals surface area contributed by atoms with Crippen molar-refractivity contribution in [3.05, 3.63) is 0 Å². The van der Waals surface area contributed by atoms with E-state index < -0.39 is 0 Å². The molecule has 1 N–H and O–H groups in total. The molecule has 16 nitrogen and oxygen atoms in total. The van der Waals surface area contributed by atoms with Crippen LogP contribution in [0.1, 0.15) is 45.4 Å². The molecule has 0 radical (unpaired) electrons. The second kappa shape index (κ2) is 47.9. The van der Waals surface area contributed by atoms with E-state index in [1.165, 1.54) is 19.3 Å². The summed E-state index contributed by atoms with van der Waals surface area (Å²) in [5.74, 6) is -0.150. The number of hydrogen-bond donors (Lipinski definition) is 1. The van der Waals surface area contributed by atoms with E-state index in [-0.39, 0.29) is 19.2 Å². The maximum Gasteiger partial charge on any atom is 0.305 e. The van der Waals surface area contributed by atoms with E-state index in [9.17, 15) is 4.79 Å². The van der Waals surface area contributed by atoms with Crippen molar-refractivity contribution in [1.29, 1.82) is 0 Å². The zero-order chi connectivity index (χ0) is 37.5. The molecule has 0 spiro atoms. The second-order valence-corrected chi connectivity index (χ2v) is 11.1. The summed E-state index contributed by atoms with van der Waals surface area (Å²) in [4.78, 5) is 11.6. The zero-order valence-corrected chi connectivity index (χ0v) is 32.1. The molecule has 0 unspecified atom stereocenters. The summed E-state index contributed by atoms with van der Waals surface area (Å²) in [5.41, 5.74) is 0. The van der Waals surface area contributed by atoms with Crippen LogP contribution >= 0.6 is 0 Å². The third kappa shape index (κ3) is 46.9. The van der Waals surface area contributed by atoms with Crippen LogP contribution in [0.15, 0.2) is 0 Å². The summed E-state index contributed by atoms with van der Waals surface area (Å²) in [6.45, 7) is 14.9. The number of hydrogen-bond acceptors (Lipinski definition) is 16. The van der Waals surface area contributed by atoms with Crippen molar-refractivity contribution < 1.29 is 76.2 Å². The standard InChI is InChI=1S/C36H72O16/c1-2-3-4-5-6-7-36(38)52-35-34-51-33-32-50-31-30-49-29-28-48-27-26-47-25-24-46-23-22-45-21-20-44-19-18-43-17-16-42-15-14-41-13-12-40-11-10-39-9-8-37/h37H,2-35H2,1H3. The topological polar surface area (TPSA) is 167 Å². The second-order valence-electron chi connectivity index (χ2n) is 11.1. The molecule has 0 aliphatic rings. The number of carbonyl (C=O) groups excluding carboxylic acids is 1. The van der Waals surface area contributed by atoms with Crippen LogP contribution in [0.4, 0.5) is 0 Å². The Hall–Kier alpha value is -1.09. The summed E-state index contributed by atoms with van der Waals surface area (Å²) in [7, 11) is 0. The van der Waals surface area contributed by atoms with Crippen molar-refractivity contribution >= 4 is 5.97 Å². The van der Waals surface area contributed by atoms with Gasteiger partial charge in [-0.3, -0.25) is 4.79 Å². The van der Waals surface area contributed by atoms with Gasteiger partial charge in [-0.05, 0) is 6.42 Å². The van der Waals surface area contributed by atoms with Crippen molar-refractivity contribution in [2.75, 3.05) is 185 Å². The van der Waals surface area contributed by atoms with Gasteiger partial charge in [-0.25, -0.2) is 0 Å². The van der Waals surface area contributed by atoms with Crippen molar-refractivity contribution in [3.8, 4) is 0 Å². The fourth-order valence-electron chi connectivity index (χ4n) is 3.97. The lowest BCUT2D eigenvalue weighted by Gasteiger charge is -2.09. The van der Waals surface area contributed by atoms with Crippen molar-refractivity contribution in [3.63, 3.8) is 0 Å². The van der Waals surface area contributed by atoms with Crippen LogP contribution in [0.25, 0.3) is 0 Å². The predicted octanol–water partition coefficient (Wildman–Crippen LogP) is 2.10. The molecule has 0 aromatic rings. The molecule has 0 fully saturated rings. The Bertz CT molecular complexity index is 664. The van der Waals surface area contributed by atoms with Crippen LogP contribution in [0.3, 0.4) is 0 Å². The Morgan fingerprint density at radius 2 is 0.558 bits per heavy atom. The predicted molar refractivity (Wildman–Crippen MR) is 192 cm³/mol. The van der Waals surface area contributed by atoms with Crippen LogP contribution in [0.5, 0.6) is 0 Å². The van der Waals surface area contributed by atoms with E-state index in [0.717, 1.165) is 12.8 Å². The van der Waals surface area contributed by atoms with Crippen LogP contribution in [-0.4, -0.2) is 196 Å². The molecular weight excluding hydrogens is 688 g/mol. The molecule has 0 aliphatic heterocycles. The fourth-order valence-corrected chi connectivity index (χ4v) is 3.97. The smallest absolute Gasteiger partial charge is 0.305 e. The first-order valence-corrected chi connectivity index (χ1v) is 19.1. The SMILES string of the molecule is CCCCCCCC(=O)OCCOCCOCCOCCOCCOCCOCCOCCOCCOCCOCCOCCOCCOCCO. The highest BCUT2D eigenvalue weighted by atomic mass is 16.6. The quantitative estimate of drug-likeness (QED) is 0.0707. The van der Waals surface area contributed by atoms with E-state index in [1.807, 2.05) is 0 Å². The normalized spacial score (nSPS) is 11.5. The Morgan fingerprint density at radius 3 is 0.808 bits per heavy atom. The number of rotatable bonds is 47. The number of carbonyl (C=O) groups is 1. The minimum absolute atomic E-state index is 0.0216. The number of esters is 1. The van der Waals surface area contributed by atoms with Crippen LogP contribution in [-0.2, 0) is 71.1 Å². The molecule has 52 heavy (non-hydrogen) atoms. The molecule has 0 atom stereocenters. The first kappa shape index (κ1) is 50.9. The monoisotopic (exact) mass is 760 g/mol. The van der Waals surface area contributed by atoms with Crippen LogP contribution in [0, 0.1) is 0 Å². The van der Waals surface area contributed by atoms with Crippen molar-refractivity contribution in [2.24, 2.45) is 0 Å². The lowest BCUT2D eigenvalue weighted by molar-refractivity contribution is -0.145. The van der Waals surface area contributed by atoms with Crippen molar-refractivity contribution in [2.45, 2.75) is 45.4 Å². The lowest BCUT2D eigenvalue weighted by atomic mass is 10.1. The molecule has 16 heteroatoms. The van der Waals surface area contributed by atoms with Gasteiger partial charge in [0.25, 0.3) is 0 Å². The average molecular weight is 761 g/mol.